The van der Waals surface area contributed by atoms with Crippen LogP contribution in [-0.2, 0) is 20.9 Å². The van der Waals surface area contributed by atoms with E-state index in [0.717, 1.165) is 0 Å². The van der Waals surface area contributed by atoms with Crippen molar-refractivity contribution in [1.82, 2.24) is 24.6 Å². The van der Waals surface area contributed by atoms with E-state index in [-0.39, 0.29) is 19.5 Å². The van der Waals surface area contributed by atoms with E-state index in [0.29, 0.717) is 71.1 Å². The molecule has 184 valence electrons. The fraction of sp³-hybridized carbons (Fsp3) is 0.619. The molecule has 3 N–H and O–H groups in total. The van der Waals surface area contributed by atoms with Gasteiger partial charge in [-0.1, -0.05) is 6.07 Å². The van der Waals surface area contributed by atoms with E-state index in [1.165, 1.54) is 6.07 Å². The van der Waals surface area contributed by atoms with Gasteiger partial charge in [0.15, 0.2) is 0 Å². The van der Waals surface area contributed by atoms with Gasteiger partial charge < -0.3 is 20.2 Å². The van der Waals surface area contributed by atoms with Gasteiger partial charge in [-0.05, 0) is 12.1 Å². The number of aromatic nitrogens is 1. The van der Waals surface area contributed by atoms with Gasteiger partial charge in [-0.25, -0.2) is 4.98 Å². The second kappa shape index (κ2) is 13.8. The third-order valence-corrected chi connectivity index (χ3v) is 5.45. The number of carbonyl (C=O) groups is 3. The molecule has 1 aliphatic rings. The summed E-state index contributed by atoms with van der Waals surface area (Å²) in [7, 11) is 0. The zero-order chi connectivity index (χ0) is 24.2. The molecule has 1 aliphatic heterocycles. The Labute approximate surface area is 192 Å². The molecule has 0 unspecified atom stereocenters. The summed E-state index contributed by atoms with van der Waals surface area (Å²) in [4.78, 5) is 45.1. The van der Waals surface area contributed by atoms with Gasteiger partial charge in [-0.15, -0.1) is 0 Å². The number of carboxylic acid groups (broad SMARTS) is 3. The van der Waals surface area contributed by atoms with Crippen molar-refractivity contribution >= 4 is 17.9 Å². The van der Waals surface area contributed by atoms with Crippen LogP contribution in [0.1, 0.15) is 12.1 Å². The van der Waals surface area contributed by atoms with Crippen LogP contribution in [0.2, 0.25) is 0 Å². The Morgan fingerprint density at radius 1 is 0.758 bits per heavy atom. The topological polar surface area (TPSA) is 138 Å². The van der Waals surface area contributed by atoms with Gasteiger partial charge in [0.2, 0.25) is 5.95 Å². The second-order valence-electron chi connectivity index (χ2n) is 8.05. The van der Waals surface area contributed by atoms with Gasteiger partial charge >= 0.3 is 17.9 Å². The Morgan fingerprint density at radius 3 is 1.70 bits per heavy atom. The highest BCUT2D eigenvalue weighted by Crippen LogP contribution is 2.06. The number of halogens is 1. The third-order valence-electron chi connectivity index (χ3n) is 5.45. The highest BCUT2D eigenvalue weighted by atomic mass is 19.1. The van der Waals surface area contributed by atoms with E-state index in [9.17, 15) is 29.0 Å². The first kappa shape index (κ1) is 26.6. The average molecular weight is 470 g/mol. The van der Waals surface area contributed by atoms with E-state index in [4.69, 9.17) is 5.11 Å². The highest BCUT2D eigenvalue weighted by molar-refractivity contribution is 5.69. The van der Waals surface area contributed by atoms with E-state index in [2.05, 4.69) is 4.98 Å². The van der Waals surface area contributed by atoms with Crippen LogP contribution in [0.5, 0.6) is 0 Å². The summed E-state index contributed by atoms with van der Waals surface area (Å²) < 4.78 is 13.5. The van der Waals surface area contributed by atoms with Crippen LogP contribution in [0.3, 0.4) is 0 Å². The van der Waals surface area contributed by atoms with Crippen molar-refractivity contribution in [3.63, 3.8) is 0 Å². The van der Waals surface area contributed by atoms with E-state index in [1.807, 2.05) is 9.80 Å². The number of carboxylic acids is 3. The maximum Gasteiger partial charge on any atom is 0.317 e. The normalized spacial score (nSPS) is 18.3. The largest absolute Gasteiger partial charge is 0.481 e. The van der Waals surface area contributed by atoms with E-state index in [1.54, 1.807) is 21.9 Å². The van der Waals surface area contributed by atoms with Crippen molar-refractivity contribution in [2.75, 3.05) is 72.0 Å². The van der Waals surface area contributed by atoms with Crippen LogP contribution in [0, 0.1) is 5.95 Å². The first-order chi connectivity index (χ1) is 15.7. The minimum Gasteiger partial charge on any atom is -0.481 e. The van der Waals surface area contributed by atoms with Crippen LogP contribution in [0.15, 0.2) is 18.2 Å². The molecule has 0 saturated carbocycles. The van der Waals surface area contributed by atoms with Crippen molar-refractivity contribution in [3.8, 4) is 0 Å². The lowest BCUT2D eigenvalue weighted by Gasteiger charge is -2.33. The summed E-state index contributed by atoms with van der Waals surface area (Å²) in [5, 5.41) is 27.6. The summed E-state index contributed by atoms with van der Waals surface area (Å²) >= 11 is 0. The second-order valence-corrected chi connectivity index (χ2v) is 8.05. The third kappa shape index (κ3) is 11.1. The number of hydrogen-bond donors (Lipinski definition) is 3. The molecule has 33 heavy (non-hydrogen) atoms. The molecule has 0 bridgehead atoms. The van der Waals surface area contributed by atoms with Gasteiger partial charge in [-0.2, -0.15) is 4.39 Å². The lowest BCUT2D eigenvalue weighted by molar-refractivity contribution is -0.139. The van der Waals surface area contributed by atoms with Gasteiger partial charge in [0.1, 0.15) is 0 Å². The number of pyridine rings is 1. The molecule has 1 aromatic rings. The summed E-state index contributed by atoms with van der Waals surface area (Å²) in [6.45, 7) is 3.99. The van der Waals surface area contributed by atoms with Gasteiger partial charge in [-0.3, -0.25) is 29.1 Å². The maximum atomic E-state index is 13.5. The first-order valence-electron chi connectivity index (χ1n) is 10.9. The number of nitrogens with zero attached hydrogens (tertiary/aromatic N) is 5. The van der Waals surface area contributed by atoms with Crippen LogP contribution < -0.4 is 0 Å². The molecule has 2 rings (SSSR count). The van der Waals surface area contributed by atoms with Crippen molar-refractivity contribution < 1.29 is 34.1 Å². The Bertz CT molecular complexity index is 766. The molecule has 0 atom stereocenters. The Kier molecular flexibility index (Phi) is 11.1. The van der Waals surface area contributed by atoms with Crippen LogP contribution >= 0.6 is 0 Å². The fourth-order valence-corrected chi connectivity index (χ4v) is 3.68. The molecule has 0 amide bonds. The molecule has 0 radical (unpaired) electrons. The SMILES string of the molecule is O=C(O)CCN1CCN(CC(=O)O)CCN(Cc2cccc(F)n2)CCN(CC(=O)O)CC1. The van der Waals surface area contributed by atoms with Gasteiger partial charge in [0.25, 0.3) is 0 Å². The molecule has 1 saturated heterocycles. The molecule has 0 spiro atoms. The standard InChI is InChI=1S/C21H32FN5O6/c22-18-3-1-2-17(23-18)14-25-10-12-26(15-20(30)31)8-6-24(5-4-19(28)29)7-9-27(13-11-25)16-21(32)33/h1-3H,4-16H2,(H,28,29)(H,30,31)(H,32,33). The van der Waals surface area contributed by atoms with Crippen molar-refractivity contribution in [2.24, 2.45) is 0 Å². The lowest BCUT2D eigenvalue weighted by atomic mass is 10.3. The Hall–Kier alpha value is -2.67. The molecular formula is C21H32FN5O6. The zero-order valence-corrected chi connectivity index (χ0v) is 18.6. The van der Waals surface area contributed by atoms with Crippen LogP contribution in [0.25, 0.3) is 0 Å². The smallest absolute Gasteiger partial charge is 0.317 e. The molecule has 12 heteroatoms. The van der Waals surface area contributed by atoms with Gasteiger partial charge in [0.05, 0.1) is 25.2 Å². The Morgan fingerprint density at radius 2 is 1.24 bits per heavy atom. The summed E-state index contributed by atoms with van der Waals surface area (Å²) in [5.41, 5.74) is 0.538. The van der Waals surface area contributed by atoms with E-state index < -0.39 is 23.9 Å². The molecule has 1 aromatic heterocycles. The van der Waals surface area contributed by atoms with Gasteiger partial charge in [0, 0.05) is 65.4 Å². The number of hydrogen-bond acceptors (Lipinski definition) is 8. The predicted molar refractivity (Wildman–Crippen MR) is 116 cm³/mol. The molecule has 11 nitrogen and oxygen atoms in total. The van der Waals surface area contributed by atoms with Crippen molar-refractivity contribution in [2.45, 2.75) is 13.0 Å². The first-order valence-corrected chi connectivity index (χ1v) is 10.9. The highest BCUT2D eigenvalue weighted by Gasteiger charge is 2.19. The number of rotatable bonds is 9. The summed E-state index contributed by atoms with van der Waals surface area (Å²) in [5.74, 6) is -3.41. The number of aliphatic carboxylic acids is 3. The predicted octanol–water partition coefficient (Wildman–Crippen LogP) is -0.414. The maximum absolute atomic E-state index is 13.5. The zero-order valence-electron chi connectivity index (χ0n) is 18.6. The summed E-state index contributed by atoms with van der Waals surface area (Å²) in [6, 6.07) is 4.55. The molecule has 2 heterocycles. The lowest BCUT2D eigenvalue weighted by Crippen LogP contribution is -2.47. The minimum absolute atomic E-state index is 0.0493. The Balaban J connectivity index is 2.15. The van der Waals surface area contributed by atoms with E-state index >= 15 is 0 Å². The molecule has 1 fully saturated rings. The monoisotopic (exact) mass is 469 g/mol. The average Bonchev–Trinajstić information content (AvgIpc) is 2.72. The van der Waals surface area contributed by atoms with Crippen LogP contribution in [0.4, 0.5) is 4.39 Å². The minimum atomic E-state index is -0.954. The quantitative estimate of drug-likeness (QED) is 0.407. The van der Waals surface area contributed by atoms with Crippen molar-refractivity contribution in [3.05, 3.63) is 29.8 Å². The fourth-order valence-electron chi connectivity index (χ4n) is 3.68. The molecule has 0 aliphatic carbocycles. The summed E-state index contributed by atoms with van der Waals surface area (Å²) in [6.07, 6.45) is -0.0493. The molecular weight excluding hydrogens is 437 g/mol. The van der Waals surface area contributed by atoms with Crippen LogP contribution in [-0.4, -0.2) is 130 Å². The van der Waals surface area contributed by atoms with Crippen molar-refractivity contribution in [1.29, 1.82) is 0 Å². The molecule has 0 aromatic carbocycles.